The van der Waals surface area contributed by atoms with E-state index in [2.05, 4.69) is 19.8 Å². The minimum absolute atomic E-state index is 0.141. The van der Waals surface area contributed by atoms with E-state index in [1.165, 1.54) is 6.92 Å². The molecular weight excluding hydrogens is 583 g/mol. The van der Waals surface area contributed by atoms with Gasteiger partial charge < -0.3 is 29.4 Å². The van der Waals surface area contributed by atoms with Crippen LogP contribution in [0.15, 0.2) is 42.6 Å². The zero-order valence-electron chi connectivity index (χ0n) is 22.0. The highest BCUT2D eigenvalue weighted by molar-refractivity contribution is 6.37. The third kappa shape index (κ3) is 8.05. The number of pyridine rings is 1. The lowest BCUT2D eigenvalue weighted by Crippen LogP contribution is -2.36. The Hall–Kier alpha value is -4.47. The van der Waals surface area contributed by atoms with Gasteiger partial charge in [-0.15, -0.1) is 13.2 Å². The maximum Gasteiger partial charge on any atom is 0.573 e. The van der Waals surface area contributed by atoms with Crippen molar-refractivity contribution in [1.29, 1.82) is 0 Å². The summed E-state index contributed by atoms with van der Waals surface area (Å²) in [4.78, 5) is 28.8. The average Bonchev–Trinajstić information content (AvgIpc) is 2.83. The predicted octanol–water partition coefficient (Wildman–Crippen LogP) is 3.53. The molecule has 0 spiro atoms. The van der Waals surface area contributed by atoms with Gasteiger partial charge in [-0.3, -0.25) is 4.79 Å². The first-order valence-electron chi connectivity index (χ1n) is 11.5. The van der Waals surface area contributed by atoms with E-state index >= 15 is 4.39 Å². The van der Waals surface area contributed by atoms with Gasteiger partial charge >= 0.3 is 18.5 Å². The number of carbonyl (C=O) groups is 2. The van der Waals surface area contributed by atoms with Crippen LogP contribution >= 0.6 is 0 Å². The molecule has 42 heavy (non-hydrogen) atoms. The lowest BCUT2D eigenvalue weighted by atomic mass is 9.76. The fourth-order valence-corrected chi connectivity index (χ4v) is 3.37. The average molecular weight is 602 g/mol. The number of carbonyl (C=O) groups excluding carboxylic acids is 2. The number of esters is 1. The molecule has 222 valence electrons. The molecule has 0 fully saturated rings. The van der Waals surface area contributed by atoms with E-state index in [9.17, 15) is 41.0 Å². The first-order chi connectivity index (χ1) is 19.3. The fourth-order valence-electron chi connectivity index (χ4n) is 3.37. The van der Waals surface area contributed by atoms with Crippen molar-refractivity contribution in [1.82, 2.24) is 4.98 Å². The van der Waals surface area contributed by atoms with Crippen LogP contribution in [0, 0.1) is 12.7 Å². The van der Waals surface area contributed by atoms with Crippen LogP contribution in [0.2, 0.25) is 0 Å². The Bertz CT molecular complexity index is 1510. The van der Waals surface area contributed by atoms with Crippen LogP contribution in [0.3, 0.4) is 0 Å². The van der Waals surface area contributed by atoms with Gasteiger partial charge in [0.2, 0.25) is 0 Å². The Kier molecular flexibility index (Phi) is 9.00. The van der Waals surface area contributed by atoms with Gasteiger partial charge in [-0.1, -0.05) is 0 Å². The number of methoxy groups -OCH3 is 1. The van der Waals surface area contributed by atoms with Gasteiger partial charge in [0.15, 0.2) is 33.0 Å². The van der Waals surface area contributed by atoms with Gasteiger partial charge in [-0.2, -0.15) is 13.2 Å². The zero-order valence-corrected chi connectivity index (χ0v) is 22.0. The highest BCUT2D eigenvalue weighted by Gasteiger charge is 2.38. The van der Waals surface area contributed by atoms with Crippen LogP contribution in [0.1, 0.15) is 32.0 Å². The van der Waals surface area contributed by atoms with Crippen LogP contribution in [0.4, 0.5) is 36.4 Å². The van der Waals surface area contributed by atoms with Gasteiger partial charge in [0.1, 0.15) is 28.3 Å². The number of alkyl halides is 6. The largest absolute Gasteiger partial charge is 0.573 e. The molecule has 1 aromatic heterocycles. The molecule has 18 heteroatoms. The highest BCUT2D eigenvalue weighted by atomic mass is 19.4. The number of aryl methyl sites for hydroxylation is 1. The van der Waals surface area contributed by atoms with E-state index in [1.807, 2.05) is 0 Å². The second-order valence-corrected chi connectivity index (χ2v) is 8.94. The van der Waals surface area contributed by atoms with Crippen LogP contribution in [-0.4, -0.2) is 56.7 Å². The Labute approximate surface area is 234 Å². The molecule has 0 saturated heterocycles. The first kappa shape index (κ1) is 32.0. The third-order valence-corrected chi connectivity index (χ3v) is 5.11. The fraction of sp³-hybridized carbons (Fsp3) is 0.208. The molecule has 0 aliphatic heterocycles. The maximum absolute atomic E-state index is 15.3. The summed E-state index contributed by atoms with van der Waals surface area (Å²) in [5, 5.41) is 12.2. The van der Waals surface area contributed by atoms with E-state index in [-0.39, 0.29) is 23.0 Å². The number of nitrogens with one attached hydrogen (secondary N) is 1. The summed E-state index contributed by atoms with van der Waals surface area (Å²) in [6, 6.07) is 4.15. The number of ether oxygens (including phenoxy) is 4. The van der Waals surface area contributed by atoms with Crippen molar-refractivity contribution in [2.24, 2.45) is 0 Å². The molecule has 0 bridgehead atoms. The topological polar surface area (TPSA) is 116 Å². The molecule has 9 nitrogen and oxygen atoms in total. The monoisotopic (exact) mass is 602 g/mol. The molecular formula is C24H19B2F7N2O7. The smallest absolute Gasteiger partial charge is 0.476 e. The number of nitrogens with zero attached hydrogens (tertiary/aromatic N) is 1. The van der Waals surface area contributed by atoms with Crippen LogP contribution in [0.25, 0.3) is 0 Å². The Morgan fingerprint density at radius 2 is 1.60 bits per heavy atom. The predicted molar refractivity (Wildman–Crippen MR) is 136 cm³/mol. The number of hydrogen-bond acceptors (Lipinski definition) is 8. The molecule has 1 amide bonds. The normalized spacial score (nSPS) is 12.0. The second kappa shape index (κ2) is 11.8. The molecule has 0 aliphatic rings. The summed E-state index contributed by atoms with van der Waals surface area (Å²) in [7, 11) is 3.26. The van der Waals surface area contributed by atoms with Crippen molar-refractivity contribution >= 4 is 33.3 Å². The minimum atomic E-state index is -5.24. The molecule has 2 N–H and O–H groups in total. The number of aromatic nitrogens is 1. The Balaban J connectivity index is 2.13. The number of benzene rings is 2. The lowest BCUT2D eigenvalue weighted by Gasteiger charge is -2.24. The minimum Gasteiger partial charge on any atom is -0.476 e. The van der Waals surface area contributed by atoms with Crippen molar-refractivity contribution in [2.75, 3.05) is 12.4 Å². The number of amides is 1. The number of halogens is 7. The van der Waals surface area contributed by atoms with Crippen molar-refractivity contribution in [3.63, 3.8) is 0 Å². The van der Waals surface area contributed by atoms with E-state index in [4.69, 9.17) is 9.47 Å². The molecule has 0 radical (unpaired) electrons. The third-order valence-electron chi connectivity index (χ3n) is 5.11. The van der Waals surface area contributed by atoms with Crippen LogP contribution in [0.5, 0.6) is 23.0 Å². The molecule has 0 aliphatic carbocycles. The molecule has 3 aromatic rings. The summed E-state index contributed by atoms with van der Waals surface area (Å²) in [6.07, 6.45) is -9.21. The highest BCUT2D eigenvalue weighted by Crippen LogP contribution is 2.41. The summed E-state index contributed by atoms with van der Waals surface area (Å²) >= 11 is 0. The van der Waals surface area contributed by atoms with Gasteiger partial charge in [-0.25, -0.2) is 14.2 Å². The molecule has 3 rings (SSSR count). The van der Waals surface area contributed by atoms with E-state index in [0.29, 0.717) is 12.1 Å². The van der Waals surface area contributed by atoms with Crippen molar-refractivity contribution in [2.45, 2.75) is 25.0 Å². The van der Waals surface area contributed by atoms with E-state index < -0.39 is 69.9 Å². The Morgan fingerprint density at radius 1 is 0.952 bits per heavy atom. The van der Waals surface area contributed by atoms with Crippen LogP contribution < -0.4 is 19.5 Å². The summed E-state index contributed by atoms with van der Waals surface area (Å²) < 4.78 is 113. The van der Waals surface area contributed by atoms with Gasteiger partial charge in [-0.05, 0) is 42.8 Å². The zero-order chi connectivity index (χ0) is 31.6. The quantitative estimate of drug-likeness (QED) is 0.174. The number of aliphatic hydroxyl groups is 1. The summed E-state index contributed by atoms with van der Waals surface area (Å²) in [5.74, 6) is -7.18. The first-order valence-corrected chi connectivity index (χ1v) is 11.5. The molecule has 2 aromatic carbocycles. The van der Waals surface area contributed by atoms with Crippen molar-refractivity contribution in [3.05, 3.63) is 70.8 Å². The Morgan fingerprint density at radius 3 is 2.17 bits per heavy atom. The van der Waals surface area contributed by atoms with Crippen molar-refractivity contribution < 1.29 is 64.4 Å². The van der Waals surface area contributed by atoms with E-state index in [0.717, 1.165) is 47.2 Å². The van der Waals surface area contributed by atoms with Gasteiger partial charge in [0.25, 0.3) is 5.91 Å². The molecule has 1 heterocycles. The van der Waals surface area contributed by atoms with Gasteiger partial charge in [0.05, 0.1) is 12.7 Å². The lowest BCUT2D eigenvalue weighted by molar-refractivity contribution is -0.274. The van der Waals surface area contributed by atoms with Crippen LogP contribution in [-0.2, 0) is 10.9 Å². The molecule has 0 unspecified atom stereocenters. The standard InChI is InChI=1S/C24H19B2F7N2O7/c1-10-9-34-14(21(37)39-2)8-13(10)35-20(36)18-16(6-4-12(19(18)27)22(28,29)30)40-15-5-3-11(41-24(31,32)33)7-17(15)42-23(25,26)38/h3-9,38H,25-26H2,1-2H3,(H,34,35,36). The van der Waals surface area contributed by atoms with Crippen molar-refractivity contribution in [3.8, 4) is 23.0 Å². The van der Waals surface area contributed by atoms with Gasteiger partial charge in [0, 0.05) is 18.0 Å². The number of hydrogen-bond donors (Lipinski definition) is 2. The number of rotatable bonds is 8. The van der Waals surface area contributed by atoms with E-state index in [1.54, 1.807) is 0 Å². The molecule has 0 saturated carbocycles. The summed E-state index contributed by atoms with van der Waals surface area (Å²) in [5.41, 5.74) is -5.30. The SMILES string of the molecule is BC(B)(O)Oc1cc(OC(F)(F)F)ccc1Oc1ccc(C(F)(F)F)c(F)c1C(=O)Nc1cc(C(=O)OC)ncc1C. The summed E-state index contributed by atoms with van der Waals surface area (Å²) in [6.45, 7) is 1.43. The maximum atomic E-state index is 15.3. The number of anilines is 1. The second-order valence-electron chi connectivity index (χ2n) is 8.94. The molecule has 0 atom stereocenters.